The van der Waals surface area contributed by atoms with E-state index in [2.05, 4.69) is 51.7 Å². The summed E-state index contributed by atoms with van der Waals surface area (Å²) in [6, 6.07) is 16.0. The van der Waals surface area contributed by atoms with E-state index in [4.69, 9.17) is 4.74 Å². The molecule has 3 nitrogen and oxygen atoms in total. The van der Waals surface area contributed by atoms with Gasteiger partial charge >= 0.3 is 0 Å². The summed E-state index contributed by atoms with van der Waals surface area (Å²) in [6.45, 7) is 16.9. The molecule has 0 bridgehead atoms. The number of nitrogens with zero attached hydrogens (tertiary/aromatic N) is 1. The van der Waals surface area contributed by atoms with Crippen molar-refractivity contribution >= 4 is 7.14 Å². The topological polar surface area (TPSA) is 39.2 Å². The molecule has 0 N–H and O–H groups in total. The maximum Gasteiger partial charge on any atom is 0.149 e. The van der Waals surface area contributed by atoms with Crippen molar-refractivity contribution in [3.63, 3.8) is 0 Å². The molecule has 2 atom stereocenters. The lowest BCUT2D eigenvalue weighted by Gasteiger charge is -2.30. The first-order valence-corrected chi connectivity index (χ1v) is 15.1. The van der Waals surface area contributed by atoms with Crippen molar-refractivity contribution in [2.45, 2.75) is 60.0 Å². The van der Waals surface area contributed by atoms with Crippen molar-refractivity contribution in [1.29, 1.82) is 0 Å². The van der Waals surface area contributed by atoms with Crippen LogP contribution in [0, 0.1) is 18.2 Å². The van der Waals surface area contributed by atoms with E-state index in [0.29, 0.717) is 18.3 Å². The average molecular weight is 496 g/mol. The van der Waals surface area contributed by atoms with Crippen molar-refractivity contribution < 1.29 is 13.7 Å². The zero-order valence-corrected chi connectivity index (χ0v) is 23.2. The van der Waals surface area contributed by atoms with E-state index in [0.717, 1.165) is 33.7 Å². The molecule has 3 aromatic rings. The Balaban J connectivity index is 1.90. The molecule has 2 aromatic carbocycles. The lowest BCUT2D eigenvalue weighted by Crippen LogP contribution is -2.16. The molecule has 3 rings (SSSR count). The first kappa shape index (κ1) is 27.1. The number of hydrogen-bond acceptors (Lipinski definition) is 3. The highest BCUT2D eigenvalue weighted by Crippen LogP contribution is 2.42. The van der Waals surface area contributed by atoms with Crippen LogP contribution in [0.25, 0.3) is 11.1 Å². The van der Waals surface area contributed by atoms with Gasteiger partial charge in [-0.25, -0.2) is 4.39 Å². The van der Waals surface area contributed by atoms with Crippen LogP contribution in [0.3, 0.4) is 0 Å². The summed E-state index contributed by atoms with van der Waals surface area (Å²) in [5, 5.41) is 0. The maximum atomic E-state index is 14.8. The standard InChI is InChI=1S/C30H39FNO2P/c1-20(19-35(7,8)33)24-10-9-11-25(16-24)34-18-23-12-13-26(27(15-23)22(3)30(4,5)6)28-14-21(2)32-17-29(28)31/h9-17,20,22H,18-19H2,1-8H3/t20-,22-/m1/s1. The van der Waals surface area contributed by atoms with Crippen molar-refractivity contribution in [2.75, 3.05) is 19.5 Å². The molecule has 0 saturated carbocycles. The number of benzene rings is 2. The zero-order chi connectivity index (χ0) is 26.0. The van der Waals surface area contributed by atoms with Gasteiger partial charge in [-0.3, -0.25) is 4.98 Å². The van der Waals surface area contributed by atoms with Crippen LogP contribution in [-0.4, -0.2) is 24.5 Å². The van der Waals surface area contributed by atoms with E-state index in [1.165, 1.54) is 6.20 Å². The highest BCUT2D eigenvalue weighted by molar-refractivity contribution is 7.62. The third kappa shape index (κ3) is 7.27. The molecule has 0 fully saturated rings. The predicted molar refractivity (Wildman–Crippen MR) is 146 cm³/mol. The quantitative estimate of drug-likeness (QED) is 0.294. The summed E-state index contributed by atoms with van der Waals surface area (Å²) in [7, 11) is -2.10. The van der Waals surface area contributed by atoms with Gasteiger partial charge in [-0.15, -0.1) is 0 Å². The summed E-state index contributed by atoms with van der Waals surface area (Å²) < 4.78 is 33.2. The van der Waals surface area contributed by atoms with Crippen LogP contribution in [-0.2, 0) is 11.2 Å². The minimum atomic E-state index is -2.10. The summed E-state index contributed by atoms with van der Waals surface area (Å²) in [5.74, 6) is 0.892. The van der Waals surface area contributed by atoms with Gasteiger partial charge in [0.2, 0.25) is 0 Å². The molecule has 0 aliphatic carbocycles. The van der Waals surface area contributed by atoms with E-state index in [1.807, 2.05) is 56.7 Å². The van der Waals surface area contributed by atoms with Crippen LogP contribution in [0.4, 0.5) is 4.39 Å². The molecule has 5 heteroatoms. The normalized spacial score (nSPS) is 14.0. The first-order valence-electron chi connectivity index (χ1n) is 12.3. The van der Waals surface area contributed by atoms with Gasteiger partial charge in [0.05, 0.1) is 13.3 Å². The molecule has 0 unspecified atom stereocenters. The lowest BCUT2D eigenvalue weighted by atomic mass is 9.75. The molecule has 0 radical (unpaired) electrons. The Morgan fingerprint density at radius 1 is 1.03 bits per heavy atom. The summed E-state index contributed by atoms with van der Waals surface area (Å²) in [6.07, 6.45) is 1.98. The first-order chi connectivity index (χ1) is 16.2. The Kier molecular flexibility index (Phi) is 8.27. The van der Waals surface area contributed by atoms with Gasteiger partial charge in [0.25, 0.3) is 0 Å². The van der Waals surface area contributed by atoms with Crippen molar-refractivity contribution in [3.8, 4) is 16.9 Å². The smallest absolute Gasteiger partial charge is 0.149 e. The highest BCUT2D eigenvalue weighted by Gasteiger charge is 2.25. The Hall–Kier alpha value is -2.45. The van der Waals surface area contributed by atoms with Crippen LogP contribution >= 0.6 is 7.14 Å². The van der Waals surface area contributed by atoms with Gasteiger partial charge in [0, 0.05) is 17.4 Å². The Labute approximate surface area is 210 Å². The number of aryl methyl sites for hydroxylation is 1. The van der Waals surface area contributed by atoms with Gasteiger partial charge in [-0.2, -0.15) is 0 Å². The minimum absolute atomic E-state index is 0.00917. The average Bonchev–Trinajstić information content (AvgIpc) is 2.77. The van der Waals surface area contributed by atoms with Gasteiger partial charge in [-0.1, -0.05) is 65.0 Å². The molecule has 0 aliphatic heterocycles. The molecule has 0 spiro atoms. The van der Waals surface area contributed by atoms with E-state index in [-0.39, 0.29) is 23.1 Å². The van der Waals surface area contributed by atoms with Crippen LogP contribution in [0.15, 0.2) is 54.7 Å². The molecule has 0 saturated heterocycles. The number of halogens is 1. The minimum Gasteiger partial charge on any atom is -0.489 e. The largest absolute Gasteiger partial charge is 0.489 e. The second-order valence-corrected chi connectivity index (χ2v) is 14.8. The fourth-order valence-corrected chi connectivity index (χ4v) is 5.89. The van der Waals surface area contributed by atoms with E-state index < -0.39 is 7.14 Å². The molecule has 0 amide bonds. The third-order valence-corrected chi connectivity index (χ3v) is 8.14. The number of rotatable bonds is 8. The van der Waals surface area contributed by atoms with Gasteiger partial charge in [0.15, 0.2) is 0 Å². The Morgan fingerprint density at radius 2 is 1.74 bits per heavy atom. The van der Waals surface area contributed by atoms with E-state index in [9.17, 15) is 8.96 Å². The molecule has 1 heterocycles. The summed E-state index contributed by atoms with van der Waals surface area (Å²) in [4.78, 5) is 4.10. The number of hydrogen-bond donors (Lipinski definition) is 0. The number of pyridine rings is 1. The van der Waals surface area contributed by atoms with Crippen LogP contribution < -0.4 is 4.74 Å². The van der Waals surface area contributed by atoms with Crippen LogP contribution in [0.5, 0.6) is 5.75 Å². The molecule has 35 heavy (non-hydrogen) atoms. The Morgan fingerprint density at radius 3 is 2.40 bits per heavy atom. The van der Waals surface area contributed by atoms with Gasteiger partial charge in [0.1, 0.15) is 18.2 Å². The number of aromatic nitrogens is 1. The maximum absolute atomic E-state index is 14.8. The third-order valence-electron chi connectivity index (χ3n) is 6.71. The molecular weight excluding hydrogens is 456 g/mol. The van der Waals surface area contributed by atoms with Gasteiger partial charge < -0.3 is 9.30 Å². The fourth-order valence-electron chi connectivity index (χ4n) is 4.36. The Bertz CT molecular complexity index is 1230. The van der Waals surface area contributed by atoms with Crippen LogP contribution in [0.2, 0.25) is 0 Å². The lowest BCUT2D eigenvalue weighted by molar-refractivity contribution is 0.304. The predicted octanol–water partition coefficient (Wildman–Crippen LogP) is 8.65. The summed E-state index contributed by atoms with van der Waals surface area (Å²) >= 11 is 0. The van der Waals surface area contributed by atoms with Crippen molar-refractivity contribution in [1.82, 2.24) is 4.98 Å². The second kappa shape index (κ2) is 10.7. The monoisotopic (exact) mass is 495 g/mol. The van der Waals surface area contributed by atoms with E-state index in [1.54, 1.807) is 0 Å². The van der Waals surface area contributed by atoms with Gasteiger partial charge in [-0.05, 0) is 78.0 Å². The zero-order valence-electron chi connectivity index (χ0n) is 22.4. The molecule has 188 valence electrons. The fraction of sp³-hybridized carbons (Fsp3) is 0.433. The summed E-state index contributed by atoms with van der Waals surface area (Å²) in [5.41, 5.74) is 5.56. The molecule has 1 aromatic heterocycles. The van der Waals surface area contributed by atoms with Crippen molar-refractivity contribution in [2.24, 2.45) is 5.41 Å². The van der Waals surface area contributed by atoms with E-state index >= 15 is 0 Å². The number of ether oxygens (including phenoxy) is 1. The van der Waals surface area contributed by atoms with Crippen LogP contribution in [0.1, 0.15) is 68.8 Å². The molecule has 0 aliphatic rings. The highest BCUT2D eigenvalue weighted by atomic mass is 31.2. The molecular formula is C30H39FNO2P. The second-order valence-electron chi connectivity index (χ2n) is 11.3. The SMILES string of the molecule is Cc1cc(-c2ccc(COc3cccc([C@H](C)CP(C)(C)=O)c3)cc2[C@@H](C)C(C)(C)C)c(F)cn1. The van der Waals surface area contributed by atoms with Crippen molar-refractivity contribution in [3.05, 3.63) is 82.9 Å².